The summed E-state index contributed by atoms with van der Waals surface area (Å²) in [5.41, 5.74) is 0. The summed E-state index contributed by atoms with van der Waals surface area (Å²) in [5, 5.41) is 1.10. The molecule has 7 heteroatoms. The highest BCUT2D eigenvalue weighted by molar-refractivity contribution is 7.91. The standard InChI is InChI=1S/C16H23Cl2NO3S/c1-2-3-7-19(14-6-10-23(20,21)12-14)8-9-22-16-11-13(17)4-5-15(16)18/h4-5,11,14H,2-3,6-10,12H2,1H3. The second kappa shape index (κ2) is 8.56. The molecule has 0 bridgehead atoms. The monoisotopic (exact) mass is 379 g/mol. The number of sulfone groups is 1. The lowest BCUT2D eigenvalue weighted by Crippen LogP contribution is -2.39. The minimum atomic E-state index is -2.88. The molecule has 130 valence electrons. The van der Waals surface area contributed by atoms with E-state index < -0.39 is 9.84 Å². The maximum atomic E-state index is 11.7. The summed E-state index contributed by atoms with van der Waals surface area (Å²) in [4.78, 5) is 2.23. The summed E-state index contributed by atoms with van der Waals surface area (Å²) in [6, 6.07) is 5.22. The topological polar surface area (TPSA) is 46.6 Å². The number of rotatable bonds is 8. The summed E-state index contributed by atoms with van der Waals surface area (Å²) in [5.74, 6) is 1.12. The molecule has 1 aliphatic rings. The second-order valence-corrected chi connectivity index (χ2v) is 8.94. The molecule has 1 unspecified atom stereocenters. The minimum absolute atomic E-state index is 0.102. The van der Waals surface area contributed by atoms with Gasteiger partial charge in [0.2, 0.25) is 0 Å². The van der Waals surface area contributed by atoms with Crippen LogP contribution in [-0.2, 0) is 9.84 Å². The van der Waals surface area contributed by atoms with E-state index in [1.165, 1.54) is 0 Å². The number of benzene rings is 1. The quantitative estimate of drug-likeness (QED) is 0.691. The maximum absolute atomic E-state index is 11.7. The Morgan fingerprint density at radius 2 is 2.09 bits per heavy atom. The Hall–Kier alpha value is -0.490. The van der Waals surface area contributed by atoms with Crippen molar-refractivity contribution in [3.63, 3.8) is 0 Å². The SMILES string of the molecule is CCCCN(CCOc1cc(Cl)ccc1Cl)C1CCS(=O)(=O)C1. The molecule has 2 rings (SSSR count). The third kappa shape index (κ3) is 5.82. The van der Waals surface area contributed by atoms with Gasteiger partial charge in [-0.2, -0.15) is 0 Å². The Kier molecular flexibility index (Phi) is 7.01. The van der Waals surface area contributed by atoms with Crippen molar-refractivity contribution in [3.8, 4) is 5.75 Å². The van der Waals surface area contributed by atoms with Crippen molar-refractivity contribution >= 4 is 33.0 Å². The fourth-order valence-corrected chi connectivity index (χ4v) is 4.86. The molecule has 0 aromatic heterocycles. The molecule has 0 amide bonds. The van der Waals surface area contributed by atoms with Crippen LogP contribution < -0.4 is 4.74 Å². The van der Waals surface area contributed by atoms with Crippen LogP contribution in [0.2, 0.25) is 10.0 Å². The lowest BCUT2D eigenvalue weighted by Gasteiger charge is -2.27. The highest BCUT2D eigenvalue weighted by atomic mass is 35.5. The van der Waals surface area contributed by atoms with Crippen LogP contribution in [0.15, 0.2) is 18.2 Å². The Morgan fingerprint density at radius 1 is 1.30 bits per heavy atom. The first-order valence-electron chi connectivity index (χ1n) is 7.93. The highest BCUT2D eigenvalue weighted by Crippen LogP contribution is 2.27. The Labute approximate surface area is 148 Å². The van der Waals surface area contributed by atoms with Gasteiger partial charge in [-0.25, -0.2) is 8.42 Å². The Balaban J connectivity index is 1.91. The lowest BCUT2D eigenvalue weighted by molar-refractivity contribution is 0.168. The van der Waals surface area contributed by atoms with Crippen LogP contribution in [0.25, 0.3) is 0 Å². The maximum Gasteiger partial charge on any atom is 0.151 e. The summed E-state index contributed by atoms with van der Waals surface area (Å²) in [6.07, 6.45) is 2.84. The molecular formula is C16H23Cl2NO3S. The van der Waals surface area contributed by atoms with Gasteiger partial charge in [0.15, 0.2) is 9.84 Å². The minimum Gasteiger partial charge on any atom is -0.491 e. The molecule has 1 aromatic carbocycles. The van der Waals surface area contributed by atoms with E-state index in [0.29, 0.717) is 41.1 Å². The fraction of sp³-hybridized carbons (Fsp3) is 0.625. The van der Waals surface area contributed by atoms with Gasteiger partial charge in [0.25, 0.3) is 0 Å². The molecule has 1 saturated heterocycles. The first kappa shape index (κ1) is 18.8. The Morgan fingerprint density at radius 3 is 2.74 bits per heavy atom. The van der Waals surface area contributed by atoms with E-state index in [0.717, 1.165) is 19.4 Å². The molecule has 1 atom stereocenters. The third-order valence-corrected chi connectivity index (χ3v) is 6.35. The third-order valence-electron chi connectivity index (χ3n) is 4.05. The summed E-state index contributed by atoms with van der Waals surface area (Å²) >= 11 is 12.0. The van der Waals surface area contributed by atoms with Crippen molar-refractivity contribution in [2.24, 2.45) is 0 Å². The molecule has 1 aliphatic heterocycles. The molecule has 1 aromatic rings. The van der Waals surface area contributed by atoms with Gasteiger partial charge in [0, 0.05) is 23.7 Å². The summed E-state index contributed by atoms with van der Waals surface area (Å²) in [6.45, 7) is 4.17. The van der Waals surface area contributed by atoms with Crippen LogP contribution in [0.3, 0.4) is 0 Å². The van der Waals surface area contributed by atoms with Gasteiger partial charge in [-0.3, -0.25) is 4.90 Å². The number of hydrogen-bond acceptors (Lipinski definition) is 4. The molecular weight excluding hydrogens is 357 g/mol. The largest absolute Gasteiger partial charge is 0.491 e. The van der Waals surface area contributed by atoms with E-state index in [9.17, 15) is 8.42 Å². The number of hydrogen-bond donors (Lipinski definition) is 0. The zero-order valence-corrected chi connectivity index (χ0v) is 15.6. The molecule has 23 heavy (non-hydrogen) atoms. The van der Waals surface area contributed by atoms with E-state index in [1.54, 1.807) is 18.2 Å². The first-order valence-corrected chi connectivity index (χ1v) is 10.5. The van der Waals surface area contributed by atoms with Crippen molar-refractivity contribution in [1.29, 1.82) is 0 Å². The van der Waals surface area contributed by atoms with Crippen LogP contribution in [-0.4, -0.2) is 50.6 Å². The first-order chi connectivity index (χ1) is 10.9. The summed E-state index contributed by atoms with van der Waals surface area (Å²) < 4.78 is 29.1. The zero-order valence-electron chi connectivity index (χ0n) is 13.3. The van der Waals surface area contributed by atoms with E-state index >= 15 is 0 Å². The van der Waals surface area contributed by atoms with E-state index in [-0.39, 0.29) is 11.8 Å². The van der Waals surface area contributed by atoms with Crippen LogP contribution in [0.4, 0.5) is 0 Å². The van der Waals surface area contributed by atoms with Crippen LogP contribution in [0, 0.1) is 0 Å². The predicted octanol–water partition coefficient (Wildman–Crippen LogP) is 3.66. The van der Waals surface area contributed by atoms with Gasteiger partial charge >= 0.3 is 0 Å². The van der Waals surface area contributed by atoms with Crippen molar-refractivity contribution in [1.82, 2.24) is 4.90 Å². The van der Waals surface area contributed by atoms with Gasteiger partial charge in [-0.1, -0.05) is 36.5 Å². The van der Waals surface area contributed by atoms with Gasteiger partial charge in [-0.05, 0) is 31.5 Å². The Bertz CT molecular complexity index is 622. The van der Waals surface area contributed by atoms with Gasteiger partial charge in [0.1, 0.15) is 12.4 Å². The number of ether oxygens (including phenoxy) is 1. The van der Waals surface area contributed by atoms with Gasteiger partial charge in [-0.15, -0.1) is 0 Å². The smallest absolute Gasteiger partial charge is 0.151 e. The summed E-state index contributed by atoms with van der Waals surface area (Å²) in [7, 11) is -2.88. The van der Waals surface area contributed by atoms with Crippen LogP contribution in [0.1, 0.15) is 26.2 Å². The highest BCUT2D eigenvalue weighted by Gasteiger charge is 2.31. The number of unbranched alkanes of at least 4 members (excludes halogenated alkanes) is 1. The van der Waals surface area contributed by atoms with E-state index in [2.05, 4.69) is 11.8 Å². The van der Waals surface area contributed by atoms with Gasteiger partial charge < -0.3 is 4.74 Å². The van der Waals surface area contributed by atoms with E-state index in [4.69, 9.17) is 27.9 Å². The van der Waals surface area contributed by atoms with Crippen molar-refractivity contribution < 1.29 is 13.2 Å². The molecule has 4 nitrogen and oxygen atoms in total. The number of nitrogens with zero attached hydrogens (tertiary/aromatic N) is 1. The van der Waals surface area contributed by atoms with Gasteiger partial charge in [0.05, 0.1) is 16.5 Å². The lowest BCUT2D eigenvalue weighted by atomic mass is 10.2. The molecule has 0 radical (unpaired) electrons. The molecule has 1 fully saturated rings. The molecule has 0 spiro atoms. The van der Waals surface area contributed by atoms with Crippen LogP contribution >= 0.6 is 23.2 Å². The molecule has 0 aliphatic carbocycles. The van der Waals surface area contributed by atoms with Crippen molar-refractivity contribution in [3.05, 3.63) is 28.2 Å². The molecule has 1 heterocycles. The molecule has 0 N–H and O–H groups in total. The predicted molar refractivity (Wildman–Crippen MR) is 95.5 cm³/mol. The average Bonchev–Trinajstić information content (AvgIpc) is 2.86. The van der Waals surface area contributed by atoms with Crippen molar-refractivity contribution in [2.75, 3.05) is 31.2 Å². The van der Waals surface area contributed by atoms with Crippen molar-refractivity contribution in [2.45, 2.75) is 32.2 Å². The average molecular weight is 380 g/mol. The second-order valence-electron chi connectivity index (χ2n) is 5.87. The molecule has 0 saturated carbocycles. The van der Waals surface area contributed by atoms with Crippen LogP contribution in [0.5, 0.6) is 5.75 Å². The normalized spacial score (nSPS) is 20.1. The fourth-order valence-electron chi connectivity index (χ4n) is 2.76. The zero-order chi connectivity index (χ0) is 16.9. The van der Waals surface area contributed by atoms with E-state index in [1.807, 2.05) is 0 Å². The number of halogens is 2.